The van der Waals surface area contributed by atoms with Crippen molar-refractivity contribution in [2.45, 2.75) is 13.3 Å². The van der Waals surface area contributed by atoms with Gasteiger partial charge in [-0.1, -0.05) is 78.9 Å². The van der Waals surface area contributed by atoms with Crippen molar-refractivity contribution in [1.82, 2.24) is 0 Å². The summed E-state index contributed by atoms with van der Waals surface area (Å²) < 4.78 is 0. The maximum Gasteiger partial charge on any atom is -0.000465 e. The lowest BCUT2D eigenvalue weighted by molar-refractivity contribution is 1.22. The van der Waals surface area contributed by atoms with Crippen LogP contribution in [0, 0.1) is 6.92 Å². The van der Waals surface area contributed by atoms with Gasteiger partial charge < -0.3 is 0 Å². The van der Waals surface area contributed by atoms with E-state index in [2.05, 4.69) is 97.9 Å². The zero-order valence-electron chi connectivity index (χ0n) is 14.9. The average molecular weight is 332 g/mol. The van der Waals surface area contributed by atoms with Crippen molar-refractivity contribution in [3.05, 3.63) is 108 Å². The molecule has 1 aliphatic rings. The van der Waals surface area contributed by atoms with E-state index in [1.165, 1.54) is 50.1 Å². The maximum absolute atomic E-state index is 2.38. The number of rotatable bonds is 2. The average Bonchev–Trinajstić information content (AvgIpc) is 3.09. The summed E-state index contributed by atoms with van der Waals surface area (Å²) in [5.41, 5.74) is 12.3. The van der Waals surface area contributed by atoms with Crippen molar-refractivity contribution in [3.8, 4) is 33.4 Å². The van der Waals surface area contributed by atoms with Gasteiger partial charge in [-0.15, -0.1) is 0 Å². The van der Waals surface area contributed by atoms with Crippen LogP contribution in [-0.2, 0) is 6.42 Å². The summed E-state index contributed by atoms with van der Waals surface area (Å²) >= 11 is 0. The first-order valence-corrected chi connectivity index (χ1v) is 9.18. The lowest BCUT2D eigenvalue weighted by Crippen LogP contribution is -1.91. The van der Waals surface area contributed by atoms with Crippen LogP contribution in [0.1, 0.15) is 16.7 Å². The first-order valence-electron chi connectivity index (χ1n) is 9.18. The Morgan fingerprint density at radius 1 is 0.500 bits per heavy atom. The normalized spacial score (nSPS) is 11.9. The summed E-state index contributed by atoms with van der Waals surface area (Å²) in [6.45, 7) is 2.23. The van der Waals surface area contributed by atoms with Gasteiger partial charge in [0.2, 0.25) is 0 Å². The van der Waals surface area contributed by atoms with Crippen molar-refractivity contribution in [2.75, 3.05) is 0 Å². The molecule has 4 aromatic rings. The molecule has 0 atom stereocenters. The highest BCUT2D eigenvalue weighted by Crippen LogP contribution is 2.45. The molecule has 0 N–H and O–H groups in total. The Balaban J connectivity index is 1.81. The molecule has 0 saturated heterocycles. The number of hydrogen-bond donors (Lipinski definition) is 0. The van der Waals surface area contributed by atoms with E-state index in [9.17, 15) is 0 Å². The fraction of sp³-hybridized carbons (Fsp3) is 0.0769. The van der Waals surface area contributed by atoms with Gasteiger partial charge in [0.15, 0.2) is 0 Å². The first kappa shape index (κ1) is 15.2. The van der Waals surface area contributed by atoms with Crippen LogP contribution in [0.25, 0.3) is 33.4 Å². The molecular formula is C26H20. The summed E-state index contributed by atoms with van der Waals surface area (Å²) in [5.74, 6) is 0. The molecule has 0 bridgehead atoms. The summed E-state index contributed by atoms with van der Waals surface area (Å²) in [5, 5.41) is 0. The fourth-order valence-electron chi connectivity index (χ4n) is 4.14. The monoisotopic (exact) mass is 332 g/mol. The van der Waals surface area contributed by atoms with Crippen LogP contribution in [0.15, 0.2) is 91.0 Å². The summed E-state index contributed by atoms with van der Waals surface area (Å²) in [4.78, 5) is 0. The molecule has 0 amide bonds. The van der Waals surface area contributed by atoms with Gasteiger partial charge in [0.05, 0.1) is 0 Å². The first-order chi connectivity index (χ1) is 12.8. The number of benzene rings is 4. The third kappa shape index (κ3) is 2.38. The van der Waals surface area contributed by atoms with Crippen LogP contribution >= 0.6 is 0 Å². The number of hydrogen-bond acceptors (Lipinski definition) is 0. The van der Waals surface area contributed by atoms with Gasteiger partial charge in [-0.2, -0.15) is 0 Å². The molecule has 0 aromatic heterocycles. The van der Waals surface area contributed by atoms with Crippen molar-refractivity contribution < 1.29 is 0 Å². The highest BCUT2D eigenvalue weighted by molar-refractivity contribution is 5.89. The van der Waals surface area contributed by atoms with Gasteiger partial charge in [-0.25, -0.2) is 0 Å². The van der Waals surface area contributed by atoms with E-state index in [-0.39, 0.29) is 0 Å². The van der Waals surface area contributed by atoms with E-state index in [4.69, 9.17) is 0 Å². The molecule has 0 saturated carbocycles. The summed E-state index contributed by atoms with van der Waals surface area (Å²) in [7, 11) is 0. The molecule has 0 heteroatoms. The molecule has 0 spiro atoms. The third-order valence-electron chi connectivity index (χ3n) is 5.50. The second kappa shape index (κ2) is 6.00. The zero-order valence-corrected chi connectivity index (χ0v) is 14.9. The SMILES string of the molecule is Cc1cccc2c1Cc1c(-c3ccccc3)cc(-c3ccccc3)cc1-2. The van der Waals surface area contributed by atoms with E-state index in [0.29, 0.717) is 0 Å². The van der Waals surface area contributed by atoms with E-state index in [1.807, 2.05) is 0 Å². The van der Waals surface area contributed by atoms with Crippen molar-refractivity contribution in [3.63, 3.8) is 0 Å². The van der Waals surface area contributed by atoms with Gasteiger partial charge >= 0.3 is 0 Å². The van der Waals surface area contributed by atoms with Crippen LogP contribution in [0.2, 0.25) is 0 Å². The van der Waals surface area contributed by atoms with Gasteiger partial charge in [0, 0.05) is 0 Å². The third-order valence-corrected chi connectivity index (χ3v) is 5.50. The van der Waals surface area contributed by atoms with E-state index < -0.39 is 0 Å². The minimum atomic E-state index is 1.02. The minimum Gasteiger partial charge on any atom is -0.0622 e. The Kier molecular flexibility index (Phi) is 3.50. The van der Waals surface area contributed by atoms with Gasteiger partial charge in [0.1, 0.15) is 0 Å². The molecule has 0 nitrogen and oxygen atoms in total. The Bertz CT molecular complexity index is 1090. The predicted octanol–water partition coefficient (Wildman–Crippen LogP) is 6.90. The molecule has 4 aromatic carbocycles. The van der Waals surface area contributed by atoms with Crippen molar-refractivity contribution >= 4 is 0 Å². The topological polar surface area (TPSA) is 0 Å². The summed E-state index contributed by atoms with van der Waals surface area (Å²) in [6, 6.07) is 32.9. The van der Waals surface area contributed by atoms with Gasteiger partial charge in [-0.3, -0.25) is 0 Å². The Hall–Kier alpha value is -3.12. The van der Waals surface area contributed by atoms with Crippen LogP contribution in [-0.4, -0.2) is 0 Å². The predicted molar refractivity (Wildman–Crippen MR) is 110 cm³/mol. The maximum atomic E-state index is 2.38. The molecule has 124 valence electrons. The van der Waals surface area contributed by atoms with Gasteiger partial charge in [0.25, 0.3) is 0 Å². The van der Waals surface area contributed by atoms with E-state index in [0.717, 1.165) is 6.42 Å². The smallest absolute Gasteiger partial charge is 0.000465 e. The van der Waals surface area contributed by atoms with Crippen molar-refractivity contribution in [2.24, 2.45) is 0 Å². The molecule has 0 aliphatic heterocycles. The lowest BCUT2D eigenvalue weighted by atomic mass is 9.91. The second-order valence-corrected chi connectivity index (χ2v) is 7.06. The lowest BCUT2D eigenvalue weighted by Gasteiger charge is -2.13. The van der Waals surface area contributed by atoms with E-state index in [1.54, 1.807) is 0 Å². The largest absolute Gasteiger partial charge is 0.0622 e. The molecule has 0 fully saturated rings. The molecule has 0 unspecified atom stereocenters. The van der Waals surface area contributed by atoms with E-state index >= 15 is 0 Å². The minimum absolute atomic E-state index is 1.02. The second-order valence-electron chi connectivity index (χ2n) is 7.06. The standard InChI is InChI=1S/C26H20/c1-18-9-8-14-22-23(18)17-26-24(20-12-6-3-7-13-20)15-21(16-25(22)26)19-10-4-2-5-11-19/h2-16H,17H2,1H3. The molecule has 0 heterocycles. The highest BCUT2D eigenvalue weighted by Gasteiger charge is 2.24. The Morgan fingerprint density at radius 2 is 1.15 bits per heavy atom. The highest BCUT2D eigenvalue weighted by atomic mass is 14.3. The quantitative estimate of drug-likeness (QED) is 0.330. The summed E-state index contributed by atoms with van der Waals surface area (Å²) in [6.07, 6.45) is 1.02. The van der Waals surface area contributed by atoms with Crippen LogP contribution in [0.3, 0.4) is 0 Å². The molecule has 5 rings (SSSR count). The fourth-order valence-corrected chi connectivity index (χ4v) is 4.14. The van der Waals surface area contributed by atoms with Crippen LogP contribution in [0.5, 0.6) is 0 Å². The molecule has 26 heavy (non-hydrogen) atoms. The molecule has 1 aliphatic carbocycles. The number of aryl methyl sites for hydroxylation is 1. The van der Waals surface area contributed by atoms with Crippen LogP contribution < -0.4 is 0 Å². The van der Waals surface area contributed by atoms with Gasteiger partial charge in [-0.05, 0) is 75.5 Å². The Labute approximate surface area is 154 Å². The zero-order chi connectivity index (χ0) is 17.5. The molecule has 0 radical (unpaired) electrons. The van der Waals surface area contributed by atoms with Crippen LogP contribution in [0.4, 0.5) is 0 Å². The number of fused-ring (bicyclic) bond motifs is 3. The Morgan fingerprint density at radius 3 is 1.88 bits per heavy atom. The van der Waals surface area contributed by atoms with Crippen molar-refractivity contribution in [1.29, 1.82) is 0 Å². The molecular weight excluding hydrogens is 312 g/mol.